The Bertz CT molecular complexity index is 387. The van der Waals surface area contributed by atoms with E-state index in [1.165, 1.54) is 19.3 Å². The largest absolute Gasteiger partial charge is 0.508 e. The summed E-state index contributed by atoms with van der Waals surface area (Å²) in [7, 11) is 0. The lowest BCUT2D eigenvalue weighted by molar-refractivity contribution is -0.122. The summed E-state index contributed by atoms with van der Waals surface area (Å²) in [5, 5.41) is 9.25. The van der Waals surface area contributed by atoms with Crippen LogP contribution in [0.15, 0.2) is 24.0 Å². The summed E-state index contributed by atoms with van der Waals surface area (Å²) >= 11 is 0. The molecule has 2 fully saturated rings. The molecule has 0 aromatic heterocycles. The normalized spacial score (nSPS) is 35.6. The van der Waals surface area contributed by atoms with Crippen molar-refractivity contribution in [2.75, 3.05) is 19.6 Å². The quantitative estimate of drug-likeness (QED) is 0.832. The summed E-state index contributed by atoms with van der Waals surface area (Å²) in [6.45, 7) is 2.83. The summed E-state index contributed by atoms with van der Waals surface area (Å²) in [4.78, 5) is 14.5. The molecule has 2 aliphatic carbocycles. The van der Waals surface area contributed by atoms with Crippen LogP contribution in [0.25, 0.3) is 0 Å². The Kier molecular flexibility index (Phi) is 3.25. The Hall–Kier alpha value is -1.09. The number of hydrogen-bond acceptors (Lipinski definition) is 3. The zero-order chi connectivity index (χ0) is 12.5. The maximum atomic E-state index is 12.2. The molecule has 1 saturated carbocycles. The zero-order valence-corrected chi connectivity index (χ0v) is 10.7. The predicted octanol–water partition coefficient (Wildman–Crippen LogP) is 2.31. The van der Waals surface area contributed by atoms with E-state index < -0.39 is 0 Å². The van der Waals surface area contributed by atoms with Crippen molar-refractivity contribution in [1.29, 1.82) is 0 Å². The number of aliphatic hydroxyl groups excluding tert-OH is 1. The van der Waals surface area contributed by atoms with Gasteiger partial charge in [0, 0.05) is 19.0 Å². The lowest BCUT2D eigenvalue weighted by atomic mass is 9.95. The number of hydrogen-bond donors (Lipinski definition) is 1. The minimum Gasteiger partial charge on any atom is -0.508 e. The van der Waals surface area contributed by atoms with E-state index in [1.54, 1.807) is 12.2 Å². The first-order valence-corrected chi connectivity index (χ1v) is 7.05. The van der Waals surface area contributed by atoms with E-state index in [9.17, 15) is 9.90 Å². The smallest absolute Gasteiger partial charge is 0.153 e. The van der Waals surface area contributed by atoms with Gasteiger partial charge in [-0.05, 0) is 43.3 Å². The monoisotopic (exact) mass is 247 g/mol. The fourth-order valence-corrected chi connectivity index (χ4v) is 3.65. The molecule has 3 nitrogen and oxygen atoms in total. The Labute approximate surface area is 108 Å². The van der Waals surface area contributed by atoms with Gasteiger partial charge in [0.1, 0.15) is 5.76 Å². The minimum atomic E-state index is -0.0265. The Morgan fingerprint density at radius 2 is 2.06 bits per heavy atom. The Balaban J connectivity index is 1.52. The van der Waals surface area contributed by atoms with E-state index in [2.05, 4.69) is 4.90 Å². The number of rotatable bonds is 3. The molecule has 3 rings (SSSR count). The van der Waals surface area contributed by atoms with Gasteiger partial charge in [-0.1, -0.05) is 12.5 Å². The average Bonchev–Trinajstić information content (AvgIpc) is 2.90. The van der Waals surface area contributed by atoms with Crippen LogP contribution in [-0.4, -0.2) is 35.4 Å². The van der Waals surface area contributed by atoms with Gasteiger partial charge in [-0.15, -0.1) is 0 Å². The van der Waals surface area contributed by atoms with E-state index in [-0.39, 0.29) is 11.7 Å². The number of likely N-dealkylation sites (tertiary alicyclic amines) is 1. The molecule has 98 valence electrons. The number of Topliss-reactive ketones (excluding diaryl/α,β-unsaturated/α-hetero) is 1. The van der Waals surface area contributed by atoms with Gasteiger partial charge >= 0.3 is 0 Å². The van der Waals surface area contributed by atoms with Crippen molar-refractivity contribution >= 4 is 5.78 Å². The molecular weight excluding hydrogens is 226 g/mol. The molecule has 0 aromatic carbocycles. The van der Waals surface area contributed by atoms with Crippen LogP contribution in [0.2, 0.25) is 0 Å². The minimum absolute atomic E-state index is 0.0265. The van der Waals surface area contributed by atoms with Gasteiger partial charge < -0.3 is 5.11 Å². The predicted molar refractivity (Wildman–Crippen MR) is 70.2 cm³/mol. The van der Waals surface area contributed by atoms with Crippen LogP contribution in [0.4, 0.5) is 0 Å². The van der Waals surface area contributed by atoms with Crippen molar-refractivity contribution in [3.63, 3.8) is 0 Å². The molecule has 0 radical (unpaired) electrons. The first-order chi connectivity index (χ1) is 8.72. The summed E-state index contributed by atoms with van der Waals surface area (Å²) in [5.41, 5.74) is 0. The van der Waals surface area contributed by atoms with Gasteiger partial charge in [0.15, 0.2) is 5.78 Å². The van der Waals surface area contributed by atoms with Crippen LogP contribution in [0.1, 0.15) is 25.7 Å². The van der Waals surface area contributed by atoms with Crippen LogP contribution >= 0.6 is 0 Å². The molecule has 3 heteroatoms. The molecule has 3 unspecified atom stereocenters. The highest BCUT2D eigenvalue weighted by Gasteiger charge is 2.36. The molecule has 0 spiro atoms. The molecule has 3 aliphatic rings. The molecule has 18 heavy (non-hydrogen) atoms. The van der Waals surface area contributed by atoms with Crippen molar-refractivity contribution in [1.82, 2.24) is 4.90 Å². The highest BCUT2D eigenvalue weighted by molar-refractivity contribution is 5.85. The SMILES string of the molecule is O=C(CN1CC2CCCC2C1)C1C=CC(O)=CC1. The first-order valence-electron chi connectivity index (χ1n) is 7.05. The van der Waals surface area contributed by atoms with E-state index >= 15 is 0 Å². The van der Waals surface area contributed by atoms with E-state index in [4.69, 9.17) is 0 Å². The zero-order valence-electron chi connectivity index (χ0n) is 10.7. The van der Waals surface area contributed by atoms with Gasteiger partial charge in [-0.2, -0.15) is 0 Å². The maximum absolute atomic E-state index is 12.2. The van der Waals surface area contributed by atoms with Crippen LogP contribution in [0.3, 0.4) is 0 Å². The lowest BCUT2D eigenvalue weighted by Crippen LogP contribution is -2.32. The van der Waals surface area contributed by atoms with Gasteiger partial charge in [0.2, 0.25) is 0 Å². The fourth-order valence-electron chi connectivity index (χ4n) is 3.65. The lowest BCUT2D eigenvalue weighted by Gasteiger charge is -2.19. The van der Waals surface area contributed by atoms with Gasteiger partial charge in [0.05, 0.1) is 6.54 Å². The molecule has 1 saturated heterocycles. The van der Waals surface area contributed by atoms with Crippen LogP contribution < -0.4 is 0 Å². The summed E-state index contributed by atoms with van der Waals surface area (Å²) < 4.78 is 0. The molecule has 1 heterocycles. The average molecular weight is 247 g/mol. The second kappa shape index (κ2) is 4.88. The van der Waals surface area contributed by atoms with Gasteiger partial charge in [-0.25, -0.2) is 0 Å². The number of ketones is 1. The van der Waals surface area contributed by atoms with Crippen LogP contribution in [0.5, 0.6) is 0 Å². The molecule has 3 atom stereocenters. The number of fused-ring (bicyclic) bond motifs is 1. The third-order valence-electron chi connectivity index (χ3n) is 4.68. The highest BCUT2D eigenvalue weighted by atomic mass is 16.3. The topological polar surface area (TPSA) is 40.5 Å². The molecule has 0 aromatic rings. The first kappa shape index (κ1) is 12.0. The molecule has 0 amide bonds. The van der Waals surface area contributed by atoms with Crippen LogP contribution in [-0.2, 0) is 4.79 Å². The summed E-state index contributed by atoms with van der Waals surface area (Å²) in [5.74, 6) is 2.26. The van der Waals surface area contributed by atoms with Crippen molar-refractivity contribution < 1.29 is 9.90 Å². The summed E-state index contributed by atoms with van der Waals surface area (Å²) in [6.07, 6.45) is 9.97. The van der Waals surface area contributed by atoms with Gasteiger partial charge in [-0.3, -0.25) is 9.69 Å². The third kappa shape index (κ3) is 2.37. The van der Waals surface area contributed by atoms with Crippen LogP contribution in [0, 0.1) is 17.8 Å². The standard InChI is InChI=1S/C15H21NO2/c17-14-6-4-11(5-7-14)15(18)10-16-8-12-2-1-3-13(12)9-16/h4,6-7,11-13,17H,1-3,5,8-10H2. The van der Waals surface area contributed by atoms with E-state index in [0.717, 1.165) is 24.9 Å². The molecule has 1 aliphatic heterocycles. The number of carbonyl (C=O) groups excluding carboxylic acids is 1. The Morgan fingerprint density at radius 1 is 1.33 bits per heavy atom. The molecule has 0 bridgehead atoms. The van der Waals surface area contributed by atoms with Crippen molar-refractivity contribution in [3.05, 3.63) is 24.0 Å². The second-order valence-electron chi connectivity index (χ2n) is 5.94. The maximum Gasteiger partial charge on any atom is 0.153 e. The third-order valence-corrected chi connectivity index (χ3v) is 4.68. The fraction of sp³-hybridized carbons (Fsp3) is 0.667. The van der Waals surface area contributed by atoms with E-state index in [1.807, 2.05) is 6.08 Å². The second-order valence-corrected chi connectivity index (χ2v) is 5.94. The van der Waals surface area contributed by atoms with Crippen molar-refractivity contribution in [2.45, 2.75) is 25.7 Å². The van der Waals surface area contributed by atoms with Crippen molar-refractivity contribution in [2.24, 2.45) is 17.8 Å². The summed E-state index contributed by atoms with van der Waals surface area (Å²) in [6, 6.07) is 0. The number of carbonyl (C=O) groups is 1. The van der Waals surface area contributed by atoms with E-state index in [0.29, 0.717) is 18.7 Å². The number of nitrogens with zero attached hydrogens (tertiary/aromatic N) is 1. The molecule has 1 N–H and O–H groups in total. The highest BCUT2D eigenvalue weighted by Crippen LogP contribution is 2.37. The number of aliphatic hydroxyl groups is 1. The molecular formula is C15H21NO2. The Morgan fingerprint density at radius 3 is 2.67 bits per heavy atom. The van der Waals surface area contributed by atoms with Crippen molar-refractivity contribution in [3.8, 4) is 0 Å². The van der Waals surface area contributed by atoms with Gasteiger partial charge in [0.25, 0.3) is 0 Å². The number of allylic oxidation sites excluding steroid dienone is 3.